The highest BCUT2D eigenvalue weighted by Crippen LogP contribution is 2.52. The van der Waals surface area contributed by atoms with E-state index >= 15 is 0 Å². The summed E-state index contributed by atoms with van der Waals surface area (Å²) in [7, 11) is 0. The Morgan fingerprint density at radius 3 is 2.07 bits per heavy atom. The lowest BCUT2D eigenvalue weighted by atomic mass is 9.80. The van der Waals surface area contributed by atoms with Gasteiger partial charge in [-0.2, -0.15) is 0 Å². The van der Waals surface area contributed by atoms with E-state index in [2.05, 4.69) is 140 Å². The first-order chi connectivity index (χ1) is 20.6. The van der Waals surface area contributed by atoms with Crippen molar-refractivity contribution in [3.8, 4) is 28.3 Å². The Labute approximate surface area is 243 Å². The summed E-state index contributed by atoms with van der Waals surface area (Å²) in [6.45, 7) is 4.71. The number of benzene rings is 6. The molecule has 0 bridgehead atoms. The first-order valence-electron chi connectivity index (χ1n) is 14.5. The van der Waals surface area contributed by atoms with Crippen LogP contribution in [0.5, 0.6) is 0 Å². The summed E-state index contributed by atoms with van der Waals surface area (Å²) in [5.74, 6) is 0.689. The van der Waals surface area contributed by atoms with Gasteiger partial charge in [0.15, 0.2) is 0 Å². The number of hydrogen-bond donors (Lipinski definition) is 0. The second-order valence-electron chi connectivity index (χ2n) is 11.8. The maximum absolute atomic E-state index is 5.31. The molecule has 0 saturated carbocycles. The molecule has 0 atom stereocenters. The van der Waals surface area contributed by atoms with Gasteiger partial charge in [-0.3, -0.25) is 4.57 Å². The van der Waals surface area contributed by atoms with E-state index in [1.807, 2.05) is 6.07 Å². The summed E-state index contributed by atoms with van der Waals surface area (Å²) in [5, 5.41) is 5.98. The molecule has 1 aliphatic carbocycles. The minimum Gasteiger partial charge on any atom is -0.277 e. The summed E-state index contributed by atoms with van der Waals surface area (Å²) < 4.78 is 2.29. The molecule has 6 aromatic carbocycles. The molecular formula is C39H27N3. The minimum absolute atomic E-state index is 0.101. The monoisotopic (exact) mass is 537 g/mol. The molecule has 42 heavy (non-hydrogen) atoms. The molecule has 198 valence electrons. The number of para-hydroxylation sites is 2. The fourth-order valence-corrected chi connectivity index (χ4v) is 7.35. The zero-order valence-corrected chi connectivity index (χ0v) is 23.5. The van der Waals surface area contributed by atoms with Gasteiger partial charge in [-0.25, -0.2) is 9.97 Å². The third kappa shape index (κ3) is 3.05. The molecule has 0 radical (unpaired) electrons. The largest absolute Gasteiger partial charge is 0.277 e. The van der Waals surface area contributed by atoms with Crippen LogP contribution in [-0.2, 0) is 5.41 Å². The van der Waals surface area contributed by atoms with E-state index in [0.29, 0.717) is 5.95 Å². The molecule has 0 spiro atoms. The van der Waals surface area contributed by atoms with E-state index < -0.39 is 0 Å². The maximum Gasteiger partial charge on any atom is 0.235 e. The molecule has 0 aliphatic heterocycles. The summed E-state index contributed by atoms with van der Waals surface area (Å²) in [6, 6.07) is 45.5. The van der Waals surface area contributed by atoms with Crippen molar-refractivity contribution in [1.29, 1.82) is 0 Å². The van der Waals surface area contributed by atoms with Crippen molar-refractivity contribution < 1.29 is 0 Å². The van der Waals surface area contributed by atoms with Crippen LogP contribution in [0.25, 0.3) is 71.8 Å². The van der Waals surface area contributed by atoms with Crippen LogP contribution in [0.1, 0.15) is 25.0 Å². The Kier molecular flexibility index (Phi) is 4.67. The molecule has 3 heteroatoms. The van der Waals surface area contributed by atoms with Gasteiger partial charge < -0.3 is 0 Å². The fourth-order valence-electron chi connectivity index (χ4n) is 7.35. The average molecular weight is 538 g/mol. The van der Waals surface area contributed by atoms with Crippen LogP contribution in [0.4, 0.5) is 0 Å². The van der Waals surface area contributed by atoms with Gasteiger partial charge in [0.2, 0.25) is 5.95 Å². The zero-order chi connectivity index (χ0) is 28.0. The maximum atomic E-state index is 5.31. The number of hydrogen-bond acceptors (Lipinski definition) is 2. The third-order valence-corrected chi connectivity index (χ3v) is 9.19. The lowest BCUT2D eigenvalue weighted by Crippen LogP contribution is -2.15. The highest BCUT2D eigenvalue weighted by Gasteiger charge is 2.37. The van der Waals surface area contributed by atoms with Gasteiger partial charge in [0.25, 0.3) is 0 Å². The minimum atomic E-state index is -0.101. The van der Waals surface area contributed by atoms with Crippen LogP contribution in [0.3, 0.4) is 0 Å². The van der Waals surface area contributed by atoms with E-state index in [1.165, 1.54) is 43.8 Å². The topological polar surface area (TPSA) is 30.7 Å². The van der Waals surface area contributed by atoms with Crippen LogP contribution < -0.4 is 0 Å². The van der Waals surface area contributed by atoms with Crippen molar-refractivity contribution in [2.75, 3.05) is 0 Å². The number of aromatic nitrogens is 3. The predicted molar refractivity (Wildman–Crippen MR) is 174 cm³/mol. The van der Waals surface area contributed by atoms with Gasteiger partial charge in [0, 0.05) is 32.5 Å². The van der Waals surface area contributed by atoms with Gasteiger partial charge in [0.1, 0.15) is 0 Å². The first-order valence-corrected chi connectivity index (χ1v) is 14.5. The molecule has 0 unspecified atom stereocenters. The summed E-state index contributed by atoms with van der Waals surface area (Å²) in [5.41, 5.74) is 10.6. The van der Waals surface area contributed by atoms with Crippen molar-refractivity contribution in [1.82, 2.24) is 14.5 Å². The average Bonchev–Trinajstić information content (AvgIpc) is 3.50. The Balaban J connectivity index is 1.43. The van der Waals surface area contributed by atoms with Crippen LogP contribution >= 0.6 is 0 Å². The van der Waals surface area contributed by atoms with Crippen LogP contribution in [0.2, 0.25) is 0 Å². The Morgan fingerprint density at radius 1 is 0.524 bits per heavy atom. The molecule has 9 rings (SSSR count). The third-order valence-electron chi connectivity index (χ3n) is 9.19. The molecule has 1 aliphatic rings. The van der Waals surface area contributed by atoms with Crippen molar-refractivity contribution in [2.45, 2.75) is 19.3 Å². The van der Waals surface area contributed by atoms with Crippen molar-refractivity contribution in [3.05, 3.63) is 139 Å². The molecule has 0 N–H and O–H groups in total. The van der Waals surface area contributed by atoms with Gasteiger partial charge in [0.05, 0.1) is 22.2 Å². The standard InChI is InChI=1S/C39H27N3/c1-39(2)32-17-9-6-14-25(32)27-20-23-30-28(35(27)39)21-22-29-26-15-8-11-19-34(26)42(37(29)30)38-40-33-18-10-7-16-31(33)36(41-38)24-12-4-3-5-13-24/h3-23H,1-2H3. The highest BCUT2D eigenvalue weighted by molar-refractivity contribution is 6.20. The van der Waals surface area contributed by atoms with Gasteiger partial charge >= 0.3 is 0 Å². The van der Waals surface area contributed by atoms with Gasteiger partial charge in [-0.15, -0.1) is 0 Å². The number of nitrogens with zero attached hydrogens (tertiary/aromatic N) is 3. The molecule has 8 aromatic rings. The molecular weight excluding hydrogens is 510 g/mol. The Morgan fingerprint density at radius 2 is 1.19 bits per heavy atom. The number of rotatable bonds is 2. The summed E-state index contributed by atoms with van der Waals surface area (Å²) in [4.78, 5) is 10.5. The Hall–Kier alpha value is -5.28. The van der Waals surface area contributed by atoms with E-state index in [9.17, 15) is 0 Å². The molecule has 0 amide bonds. The zero-order valence-electron chi connectivity index (χ0n) is 23.5. The summed E-state index contributed by atoms with van der Waals surface area (Å²) in [6.07, 6.45) is 0. The summed E-state index contributed by atoms with van der Waals surface area (Å²) >= 11 is 0. The normalized spacial score (nSPS) is 13.7. The molecule has 2 aromatic heterocycles. The SMILES string of the molecule is CC1(C)c2ccccc2-c2ccc3c(ccc4c5ccccc5n(-c5nc(-c6ccccc6)c6ccccc6n5)c34)c21. The van der Waals surface area contributed by atoms with E-state index in [4.69, 9.17) is 9.97 Å². The van der Waals surface area contributed by atoms with Crippen molar-refractivity contribution >= 4 is 43.5 Å². The van der Waals surface area contributed by atoms with Gasteiger partial charge in [-0.05, 0) is 39.8 Å². The molecule has 0 fully saturated rings. The smallest absolute Gasteiger partial charge is 0.235 e. The molecule has 0 saturated heterocycles. The second kappa shape index (κ2) is 8.37. The van der Waals surface area contributed by atoms with Crippen LogP contribution in [0, 0.1) is 0 Å². The molecule has 2 heterocycles. The second-order valence-corrected chi connectivity index (χ2v) is 11.8. The van der Waals surface area contributed by atoms with Crippen molar-refractivity contribution in [2.24, 2.45) is 0 Å². The van der Waals surface area contributed by atoms with E-state index in [0.717, 1.165) is 33.2 Å². The molecule has 3 nitrogen and oxygen atoms in total. The quantitative estimate of drug-likeness (QED) is 0.220. The lowest BCUT2D eigenvalue weighted by Gasteiger charge is -2.23. The van der Waals surface area contributed by atoms with Crippen molar-refractivity contribution in [3.63, 3.8) is 0 Å². The van der Waals surface area contributed by atoms with Gasteiger partial charge in [-0.1, -0.05) is 129 Å². The fraction of sp³-hybridized carbons (Fsp3) is 0.0769. The lowest BCUT2D eigenvalue weighted by molar-refractivity contribution is 0.666. The predicted octanol–water partition coefficient (Wildman–Crippen LogP) is 9.85. The highest BCUT2D eigenvalue weighted by atomic mass is 15.2. The first kappa shape index (κ1) is 23.4. The Bertz CT molecular complexity index is 2380. The van der Waals surface area contributed by atoms with Crippen LogP contribution in [-0.4, -0.2) is 14.5 Å². The van der Waals surface area contributed by atoms with E-state index in [-0.39, 0.29) is 5.41 Å². The van der Waals surface area contributed by atoms with E-state index in [1.54, 1.807) is 0 Å². The van der Waals surface area contributed by atoms with Crippen LogP contribution in [0.15, 0.2) is 127 Å². The number of fused-ring (bicyclic) bond motifs is 10.